The maximum atomic E-state index is 13.5. The van der Waals surface area contributed by atoms with Crippen LogP contribution in [0.3, 0.4) is 0 Å². The van der Waals surface area contributed by atoms with Gasteiger partial charge in [-0.15, -0.1) is 0 Å². The van der Waals surface area contributed by atoms with Gasteiger partial charge in [-0.3, -0.25) is 0 Å². The van der Waals surface area contributed by atoms with Gasteiger partial charge in [0.25, 0.3) is 5.92 Å². The van der Waals surface area contributed by atoms with Gasteiger partial charge in [0, 0.05) is 43.4 Å². The first-order chi connectivity index (χ1) is 15.4. The maximum Gasteiger partial charge on any atom is 0.490 e. The molecule has 13 heteroatoms. The molecule has 1 saturated heterocycles. The van der Waals surface area contributed by atoms with E-state index in [0.717, 1.165) is 18.2 Å². The highest BCUT2D eigenvalue weighted by Crippen LogP contribution is 2.37. The highest BCUT2D eigenvalue weighted by atomic mass is 19.4. The summed E-state index contributed by atoms with van der Waals surface area (Å²) in [5.74, 6) is -2.99. The fraction of sp³-hybridized carbons (Fsp3) is 0.550. The number of halogens is 5. The molecule has 8 nitrogen and oxygen atoms in total. The summed E-state index contributed by atoms with van der Waals surface area (Å²) >= 11 is 0. The summed E-state index contributed by atoms with van der Waals surface area (Å²) in [5.41, 5.74) is 0.702. The van der Waals surface area contributed by atoms with Crippen molar-refractivity contribution in [2.45, 2.75) is 43.8 Å². The number of hydrogen-bond donors (Lipinski definition) is 2. The molecule has 0 amide bonds. The maximum absolute atomic E-state index is 13.5. The second-order valence-corrected chi connectivity index (χ2v) is 7.66. The highest BCUT2D eigenvalue weighted by Gasteiger charge is 2.38. The van der Waals surface area contributed by atoms with Gasteiger partial charge < -0.3 is 24.8 Å². The Morgan fingerprint density at radius 1 is 1.12 bits per heavy atom. The first-order valence-electron chi connectivity index (χ1n) is 10.1. The van der Waals surface area contributed by atoms with E-state index in [1.165, 1.54) is 0 Å². The van der Waals surface area contributed by atoms with E-state index < -0.39 is 18.1 Å². The quantitative estimate of drug-likeness (QED) is 0.621. The fourth-order valence-electron chi connectivity index (χ4n) is 3.15. The van der Waals surface area contributed by atoms with E-state index in [0.29, 0.717) is 34.8 Å². The lowest BCUT2D eigenvalue weighted by Crippen LogP contribution is -2.40. The summed E-state index contributed by atoms with van der Waals surface area (Å²) in [4.78, 5) is 20.0. The number of carboxylic acid groups (broad SMARTS) is 1. The fourth-order valence-corrected chi connectivity index (χ4v) is 3.15. The van der Waals surface area contributed by atoms with Gasteiger partial charge in [-0.2, -0.15) is 18.2 Å². The van der Waals surface area contributed by atoms with Gasteiger partial charge in [-0.1, -0.05) is 0 Å². The number of carbonyl (C=O) groups is 1. The number of fused-ring (bicyclic) bond motifs is 1. The molecule has 0 atom stereocenters. The van der Waals surface area contributed by atoms with Crippen molar-refractivity contribution >= 4 is 28.6 Å². The monoisotopic (exact) mass is 478 g/mol. The number of hydrogen-bond acceptors (Lipinski definition) is 7. The van der Waals surface area contributed by atoms with Crippen LogP contribution in [-0.2, 0) is 4.79 Å². The summed E-state index contributed by atoms with van der Waals surface area (Å²) in [6, 6.07) is 4.06. The van der Waals surface area contributed by atoms with Crippen LogP contribution in [0, 0.1) is 0 Å². The van der Waals surface area contributed by atoms with Crippen LogP contribution >= 0.6 is 0 Å². The van der Waals surface area contributed by atoms with Crippen molar-refractivity contribution in [1.82, 2.24) is 9.97 Å². The van der Waals surface area contributed by atoms with E-state index in [1.807, 2.05) is 11.0 Å². The zero-order chi connectivity index (χ0) is 24.4. The number of aromatic nitrogens is 2. The largest absolute Gasteiger partial charge is 0.493 e. The number of methoxy groups -OCH3 is 2. The normalized spacial score (nSPS) is 17.7. The predicted octanol–water partition coefficient (Wildman–Crippen LogP) is 4.09. The third-order valence-corrected chi connectivity index (χ3v) is 5.13. The number of anilines is 2. The number of nitrogens with zero attached hydrogens (tertiary/aromatic N) is 3. The average Bonchev–Trinajstić information content (AvgIpc) is 3.56. The van der Waals surface area contributed by atoms with Crippen LogP contribution in [0.25, 0.3) is 10.9 Å². The van der Waals surface area contributed by atoms with Gasteiger partial charge in [0.15, 0.2) is 11.5 Å². The van der Waals surface area contributed by atoms with E-state index in [2.05, 4.69) is 15.3 Å². The molecule has 1 aromatic carbocycles. The number of aliphatic carboxylic acids is 1. The van der Waals surface area contributed by atoms with Crippen molar-refractivity contribution in [3.8, 4) is 11.5 Å². The molecule has 1 aliphatic carbocycles. The Balaban J connectivity index is 0.000000383. The SMILES string of the molecule is COc1cc2nc(N3CCC(F)(F)CC3)nc(NC3CC3)c2cc1OC.O=C(O)C(F)(F)F. The molecule has 182 valence electrons. The molecule has 33 heavy (non-hydrogen) atoms. The zero-order valence-electron chi connectivity index (χ0n) is 17.9. The van der Waals surface area contributed by atoms with Crippen molar-refractivity contribution < 1.29 is 41.3 Å². The van der Waals surface area contributed by atoms with Crippen LogP contribution in [-0.4, -0.2) is 66.5 Å². The number of ether oxygens (including phenoxy) is 2. The molecule has 2 fully saturated rings. The Morgan fingerprint density at radius 2 is 1.67 bits per heavy atom. The second kappa shape index (κ2) is 9.40. The Morgan fingerprint density at radius 3 is 2.15 bits per heavy atom. The Hall–Kier alpha value is -3.12. The molecule has 0 radical (unpaired) electrons. The molecular formula is C20H23F5N4O4. The van der Waals surface area contributed by atoms with Crippen molar-refractivity contribution in [2.75, 3.05) is 37.5 Å². The molecular weight excluding hydrogens is 455 g/mol. The minimum absolute atomic E-state index is 0.175. The van der Waals surface area contributed by atoms with Crippen LogP contribution in [0.4, 0.5) is 33.7 Å². The summed E-state index contributed by atoms with van der Waals surface area (Å²) in [6.07, 6.45) is -3.23. The predicted molar refractivity (Wildman–Crippen MR) is 109 cm³/mol. The number of benzene rings is 1. The van der Waals surface area contributed by atoms with E-state index in [4.69, 9.17) is 19.4 Å². The summed E-state index contributed by atoms with van der Waals surface area (Å²) in [7, 11) is 3.16. The third kappa shape index (κ3) is 6.23. The van der Waals surface area contributed by atoms with Crippen LogP contribution in [0.2, 0.25) is 0 Å². The molecule has 2 heterocycles. The standard InChI is InChI=1S/C18H22F2N4O2.C2HF3O2/c1-25-14-9-12-13(10-15(14)26-2)22-17(23-16(12)21-11-3-4-11)24-7-5-18(19,20)6-8-24;3-2(4,5)1(6)7/h9-11H,3-8H2,1-2H3,(H,21,22,23);(H,6,7). The van der Waals surface area contributed by atoms with Gasteiger partial charge in [0.1, 0.15) is 5.82 Å². The smallest absolute Gasteiger partial charge is 0.490 e. The third-order valence-electron chi connectivity index (χ3n) is 5.13. The Kier molecular flexibility index (Phi) is 6.98. The number of carboxylic acids is 1. The molecule has 0 spiro atoms. The van der Waals surface area contributed by atoms with Crippen molar-refractivity contribution in [3.63, 3.8) is 0 Å². The van der Waals surface area contributed by atoms with Crippen molar-refractivity contribution in [2.24, 2.45) is 0 Å². The van der Waals surface area contributed by atoms with Gasteiger partial charge in [0.2, 0.25) is 5.95 Å². The molecule has 1 aliphatic heterocycles. The molecule has 1 saturated carbocycles. The lowest BCUT2D eigenvalue weighted by atomic mass is 10.1. The van der Waals surface area contributed by atoms with Crippen LogP contribution in [0.1, 0.15) is 25.7 Å². The first kappa shape index (κ1) is 24.5. The molecule has 4 rings (SSSR count). The zero-order valence-corrected chi connectivity index (χ0v) is 17.9. The van der Waals surface area contributed by atoms with E-state index in [-0.39, 0.29) is 25.9 Å². The summed E-state index contributed by atoms with van der Waals surface area (Å²) in [6.45, 7) is 0.489. The van der Waals surface area contributed by atoms with Crippen molar-refractivity contribution in [1.29, 1.82) is 0 Å². The Bertz CT molecular complexity index is 1000. The topological polar surface area (TPSA) is 96.8 Å². The molecule has 0 bridgehead atoms. The minimum Gasteiger partial charge on any atom is -0.493 e. The molecule has 1 aromatic heterocycles. The van der Waals surface area contributed by atoms with Gasteiger partial charge in [-0.05, 0) is 18.9 Å². The van der Waals surface area contributed by atoms with Gasteiger partial charge >= 0.3 is 12.1 Å². The molecule has 2 N–H and O–H groups in total. The highest BCUT2D eigenvalue weighted by molar-refractivity contribution is 5.93. The van der Waals surface area contributed by atoms with Crippen molar-refractivity contribution in [3.05, 3.63) is 12.1 Å². The molecule has 2 aliphatic rings. The molecule has 0 unspecified atom stereocenters. The Labute approximate surface area is 185 Å². The number of piperidine rings is 1. The van der Waals surface area contributed by atoms with Crippen LogP contribution < -0.4 is 19.7 Å². The second-order valence-electron chi connectivity index (χ2n) is 7.66. The summed E-state index contributed by atoms with van der Waals surface area (Å²) < 4.78 is 69.5. The van der Waals surface area contributed by atoms with E-state index >= 15 is 0 Å². The number of rotatable bonds is 5. The molecule has 2 aromatic rings. The van der Waals surface area contributed by atoms with Gasteiger partial charge in [-0.25, -0.2) is 18.6 Å². The minimum atomic E-state index is -5.08. The van der Waals surface area contributed by atoms with Crippen LogP contribution in [0.5, 0.6) is 11.5 Å². The lowest BCUT2D eigenvalue weighted by Gasteiger charge is -2.32. The summed E-state index contributed by atoms with van der Waals surface area (Å²) in [5, 5.41) is 11.4. The number of nitrogens with one attached hydrogen (secondary N) is 1. The van der Waals surface area contributed by atoms with Crippen LogP contribution in [0.15, 0.2) is 12.1 Å². The average molecular weight is 478 g/mol. The van der Waals surface area contributed by atoms with Gasteiger partial charge in [0.05, 0.1) is 19.7 Å². The first-order valence-corrected chi connectivity index (χ1v) is 10.1. The van der Waals surface area contributed by atoms with E-state index in [9.17, 15) is 22.0 Å². The lowest BCUT2D eigenvalue weighted by molar-refractivity contribution is -0.192. The number of alkyl halides is 5. The van der Waals surface area contributed by atoms with E-state index in [1.54, 1.807) is 20.3 Å².